The van der Waals surface area contributed by atoms with Crippen LogP contribution in [0.4, 0.5) is 11.9 Å². The molecule has 31 heavy (non-hydrogen) atoms. The maximum atomic E-state index is 12.5. The van der Waals surface area contributed by atoms with E-state index in [-0.39, 0.29) is 23.0 Å². The Bertz CT molecular complexity index is 1150. The first kappa shape index (κ1) is 19.9. The largest absolute Gasteiger partial charge is 0.394 e. The monoisotopic (exact) mass is 428 g/mol. The van der Waals surface area contributed by atoms with E-state index in [1.54, 1.807) is 0 Å². The number of nitrogens with zero attached hydrogens (tertiary/aromatic N) is 4. The number of fused-ring (bicyclic) bond motifs is 1. The Morgan fingerprint density at radius 1 is 1.19 bits per heavy atom. The van der Waals surface area contributed by atoms with Crippen LogP contribution < -0.4 is 16.2 Å². The summed E-state index contributed by atoms with van der Waals surface area (Å²) in [6, 6.07) is 10.1. The smallest absolute Gasteiger partial charge is 0.280 e. The minimum absolute atomic E-state index is 0.0603. The van der Waals surface area contributed by atoms with Gasteiger partial charge in [0.2, 0.25) is 11.9 Å². The van der Waals surface area contributed by atoms with Crippen molar-refractivity contribution in [2.45, 2.75) is 36.9 Å². The number of aliphatic hydroxyl groups excluding tert-OH is 3. The predicted molar refractivity (Wildman–Crippen MR) is 112 cm³/mol. The van der Waals surface area contributed by atoms with Crippen LogP contribution in [0.2, 0.25) is 0 Å². The van der Waals surface area contributed by atoms with Gasteiger partial charge in [-0.25, -0.2) is 4.98 Å². The van der Waals surface area contributed by atoms with Gasteiger partial charge in [-0.05, 0) is 12.0 Å². The van der Waals surface area contributed by atoms with Crippen LogP contribution in [0.1, 0.15) is 24.1 Å². The van der Waals surface area contributed by atoms with Gasteiger partial charge in [-0.15, -0.1) is 0 Å². The molecule has 2 aromatic heterocycles. The van der Waals surface area contributed by atoms with E-state index in [4.69, 9.17) is 10.5 Å². The molecule has 5 rings (SSSR count). The highest BCUT2D eigenvalue weighted by Crippen LogP contribution is 2.37. The van der Waals surface area contributed by atoms with Gasteiger partial charge in [0.1, 0.15) is 18.3 Å². The van der Waals surface area contributed by atoms with Gasteiger partial charge in [0.15, 0.2) is 17.4 Å². The predicted octanol–water partition coefficient (Wildman–Crippen LogP) is -0.693. The lowest BCUT2D eigenvalue weighted by Crippen LogP contribution is -2.34. The molecule has 0 aliphatic carbocycles. The van der Waals surface area contributed by atoms with Crippen molar-refractivity contribution in [1.82, 2.24) is 19.5 Å². The molecule has 164 valence electrons. The number of nitrogen functional groups attached to an aromatic ring is 1. The molecule has 2 aliphatic rings. The van der Waals surface area contributed by atoms with Gasteiger partial charge in [0.05, 0.1) is 6.61 Å². The number of hydrogen-bond donors (Lipinski definition) is 5. The van der Waals surface area contributed by atoms with Crippen molar-refractivity contribution in [3.8, 4) is 0 Å². The summed E-state index contributed by atoms with van der Waals surface area (Å²) < 4.78 is 7.23. The molecule has 0 saturated carbocycles. The molecule has 11 heteroatoms. The number of benzene rings is 1. The number of anilines is 2. The van der Waals surface area contributed by atoms with Gasteiger partial charge in [-0.1, -0.05) is 30.3 Å². The summed E-state index contributed by atoms with van der Waals surface area (Å²) in [4.78, 5) is 25.7. The molecule has 5 atom stereocenters. The zero-order valence-electron chi connectivity index (χ0n) is 16.6. The summed E-state index contributed by atoms with van der Waals surface area (Å²) in [7, 11) is 0. The average molecular weight is 428 g/mol. The fourth-order valence-electron chi connectivity index (χ4n) is 4.48. The first-order chi connectivity index (χ1) is 15.0. The van der Waals surface area contributed by atoms with E-state index in [1.807, 2.05) is 23.1 Å². The summed E-state index contributed by atoms with van der Waals surface area (Å²) in [6.45, 7) is 0.854. The minimum atomic E-state index is -1.34. The maximum Gasteiger partial charge on any atom is 0.280 e. The minimum Gasteiger partial charge on any atom is -0.394 e. The molecule has 1 aromatic carbocycles. The van der Waals surface area contributed by atoms with Crippen LogP contribution in [-0.2, 0) is 4.74 Å². The van der Waals surface area contributed by atoms with Crippen LogP contribution in [0.25, 0.3) is 11.2 Å². The number of aromatic amines is 1. The Kier molecular flexibility index (Phi) is 4.89. The molecule has 0 unspecified atom stereocenters. The van der Waals surface area contributed by atoms with Gasteiger partial charge in [0.25, 0.3) is 5.56 Å². The van der Waals surface area contributed by atoms with Crippen LogP contribution >= 0.6 is 0 Å². The number of ether oxygens (including phenoxy) is 1. The molecule has 0 amide bonds. The Balaban J connectivity index is 1.59. The third kappa shape index (κ3) is 3.26. The number of aliphatic hydroxyl groups is 3. The second-order valence-electron chi connectivity index (χ2n) is 7.98. The lowest BCUT2D eigenvalue weighted by molar-refractivity contribution is -0.0504. The second-order valence-corrected chi connectivity index (χ2v) is 7.98. The molecule has 11 nitrogen and oxygen atoms in total. The van der Waals surface area contributed by atoms with E-state index in [2.05, 4.69) is 27.1 Å². The van der Waals surface area contributed by atoms with Crippen molar-refractivity contribution in [1.29, 1.82) is 0 Å². The number of nitrogens with one attached hydrogen (secondary N) is 1. The zero-order chi connectivity index (χ0) is 21.7. The van der Waals surface area contributed by atoms with E-state index in [0.717, 1.165) is 6.42 Å². The number of imidazole rings is 1. The fourth-order valence-corrected chi connectivity index (χ4v) is 4.48. The van der Waals surface area contributed by atoms with Gasteiger partial charge >= 0.3 is 0 Å². The summed E-state index contributed by atoms with van der Waals surface area (Å²) in [5, 5.41) is 30.4. The van der Waals surface area contributed by atoms with Gasteiger partial charge in [0, 0.05) is 19.0 Å². The quantitative estimate of drug-likeness (QED) is 0.362. The van der Waals surface area contributed by atoms with Crippen molar-refractivity contribution in [3.63, 3.8) is 0 Å². The average Bonchev–Trinajstić information content (AvgIpc) is 3.46. The highest BCUT2D eigenvalue weighted by molar-refractivity contribution is 5.75. The van der Waals surface area contributed by atoms with Crippen molar-refractivity contribution < 1.29 is 20.1 Å². The molecule has 2 fully saturated rings. The van der Waals surface area contributed by atoms with Crippen LogP contribution in [0.15, 0.2) is 35.1 Å². The molecule has 0 bridgehead atoms. The summed E-state index contributed by atoms with van der Waals surface area (Å²) in [5.74, 6) is 0.573. The molecule has 3 aromatic rings. The van der Waals surface area contributed by atoms with E-state index in [9.17, 15) is 20.1 Å². The van der Waals surface area contributed by atoms with Crippen molar-refractivity contribution in [3.05, 3.63) is 46.2 Å². The van der Waals surface area contributed by atoms with Crippen molar-refractivity contribution >= 4 is 23.1 Å². The molecule has 4 heterocycles. The van der Waals surface area contributed by atoms with Crippen LogP contribution in [0.5, 0.6) is 0 Å². The normalized spacial score (nSPS) is 28.6. The molecule has 0 spiro atoms. The Labute approximate surface area is 176 Å². The SMILES string of the molecule is Nc1nc2c(nc(N3CC[C@H](c4ccccc4)C3)n2[C@@H]2O[C@H](CO)[C@H](O)[C@H]2O)c(=O)[nH]1. The lowest BCUT2D eigenvalue weighted by atomic mass is 9.99. The fraction of sp³-hybridized carbons (Fsp3) is 0.450. The van der Waals surface area contributed by atoms with Crippen LogP contribution in [0.3, 0.4) is 0 Å². The molecular formula is C20H24N6O5. The summed E-state index contributed by atoms with van der Waals surface area (Å²) in [6.07, 6.45) is -3.81. The standard InChI is InChI=1S/C20H24N6O5/c21-19-23-16-13(17(30)24-19)22-20(26(16)18-15(29)14(28)12(9-27)31-18)25-7-6-11(8-25)10-4-2-1-3-5-10/h1-5,11-12,14-15,18,27-29H,6-9H2,(H3,21,23,24,30)/t11-,12+,14-,15+,18+/m0/s1. The topological polar surface area (TPSA) is 163 Å². The van der Waals surface area contributed by atoms with E-state index in [0.29, 0.717) is 19.0 Å². The Hall–Kier alpha value is -2.99. The van der Waals surface area contributed by atoms with Gasteiger partial charge in [-0.2, -0.15) is 4.98 Å². The molecule has 6 N–H and O–H groups in total. The van der Waals surface area contributed by atoms with E-state index >= 15 is 0 Å². The molecule has 2 aliphatic heterocycles. The third-order valence-corrected chi connectivity index (χ3v) is 6.06. The van der Waals surface area contributed by atoms with Gasteiger partial charge in [-0.3, -0.25) is 14.3 Å². The third-order valence-electron chi connectivity index (χ3n) is 6.06. The van der Waals surface area contributed by atoms with Crippen molar-refractivity contribution in [2.75, 3.05) is 30.3 Å². The number of hydrogen-bond acceptors (Lipinski definition) is 9. The summed E-state index contributed by atoms with van der Waals surface area (Å²) in [5.41, 5.74) is 6.66. The first-order valence-electron chi connectivity index (χ1n) is 10.2. The maximum absolute atomic E-state index is 12.5. The first-order valence-corrected chi connectivity index (χ1v) is 10.2. The zero-order valence-corrected chi connectivity index (χ0v) is 16.6. The summed E-state index contributed by atoms with van der Waals surface area (Å²) >= 11 is 0. The van der Waals surface area contributed by atoms with Crippen LogP contribution in [0, 0.1) is 0 Å². The highest BCUT2D eigenvalue weighted by atomic mass is 16.6. The molecule has 0 radical (unpaired) electrons. The number of H-pyrrole nitrogens is 1. The number of rotatable bonds is 4. The van der Waals surface area contributed by atoms with E-state index in [1.165, 1.54) is 10.1 Å². The highest BCUT2D eigenvalue weighted by Gasteiger charge is 2.46. The Morgan fingerprint density at radius 3 is 2.68 bits per heavy atom. The molecular weight excluding hydrogens is 404 g/mol. The van der Waals surface area contributed by atoms with Gasteiger partial charge < -0.3 is 30.7 Å². The lowest BCUT2D eigenvalue weighted by Gasteiger charge is -2.24. The van der Waals surface area contributed by atoms with Crippen molar-refractivity contribution in [2.24, 2.45) is 0 Å². The second kappa shape index (κ2) is 7.61. The number of nitrogens with two attached hydrogens (primary N) is 1. The van der Waals surface area contributed by atoms with E-state index < -0.39 is 36.7 Å². The Morgan fingerprint density at radius 2 is 1.97 bits per heavy atom. The van der Waals surface area contributed by atoms with Crippen LogP contribution in [-0.4, -0.2) is 72.8 Å². The number of aromatic nitrogens is 4. The molecule has 2 saturated heterocycles.